The number of thioether (sulfide) groups is 2. The molecule has 0 saturated carbocycles. The molecule has 1 aliphatic heterocycles. The number of para-hydroxylation sites is 1. The van der Waals surface area contributed by atoms with E-state index in [0.29, 0.717) is 0 Å². The zero-order chi connectivity index (χ0) is 15.5. The van der Waals surface area contributed by atoms with Crippen molar-refractivity contribution in [2.45, 2.75) is 34.2 Å². The van der Waals surface area contributed by atoms with Crippen molar-refractivity contribution in [1.29, 1.82) is 0 Å². The summed E-state index contributed by atoms with van der Waals surface area (Å²) in [5.41, 5.74) is 2.31. The quantitative estimate of drug-likeness (QED) is 0.768. The average Bonchev–Trinajstić information content (AvgIpc) is 3.13. The van der Waals surface area contributed by atoms with E-state index in [2.05, 4.69) is 23.2 Å². The summed E-state index contributed by atoms with van der Waals surface area (Å²) >= 11 is 4.75. The van der Waals surface area contributed by atoms with Crippen molar-refractivity contribution in [3.8, 4) is 0 Å². The van der Waals surface area contributed by atoms with Crippen molar-refractivity contribution >= 4 is 46.5 Å². The Labute approximate surface area is 142 Å². The molecule has 3 rings (SSSR count). The van der Waals surface area contributed by atoms with Gasteiger partial charge in [0.1, 0.15) is 0 Å². The third-order valence-electron chi connectivity index (χ3n) is 3.43. The van der Waals surface area contributed by atoms with Crippen molar-refractivity contribution in [1.82, 2.24) is 10.2 Å². The van der Waals surface area contributed by atoms with E-state index in [1.54, 1.807) is 23.1 Å². The van der Waals surface area contributed by atoms with Gasteiger partial charge in [0, 0.05) is 12.2 Å². The predicted octanol–water partition coefficient (Wildman–Crippen LogP) is 3.72. The average molecular weight is 352 g/mol. The van der Waals surface area contributed by atoms with Crippen molar-refractivity contribution < 1.29 is 4.79 Å². The fourth-order valence-electron chi connectivity index (χ4n) is 2.41. The molecule has 0 fully saturated rings. The SMILES string of the molecule is CCSc1nnc(S[C@H](C)C(=O)N2CCc3ccccc32)s1. The molecule has 0 unspecified atom stereocenters. The van der Waals surface area contributed by atoms with Crippen LogP contribution < -0.4 is 4.90 Å². The van der Waals surface area contributed by atoms with Crippen LogP contribution >= 0.6 is 34.9 Å². The van der Waals surface area contributed by atoms with Gasteiger partial charge in [-0.05, 0) is 30.7 Å². The standard InChI is InChI=1S/C15H17N3OS3/c1-3-20-14-16-17-15(22-14)21-10(2)13(19)18-9-8-11-6-4-5-7-12(11)18/h4-7,10H,3,8-9H2,1-2H3/t10-/m1/s1. The minimum absolute atomic E-state index is 0.148. The maximum absolute atomic E-state index is 12.7. The van der Waals surface area contributed by atoms with Gasteiger partial charge in [0.25, 0.3) is 0 Å². The smallest absolute Gasteiger partial charge is 0.240 e. The molecule has 7 heteroatoms. The van der Waals surface area contributed by atoms with Gasteiger partial charge in [0.15, 0.2) is 8.68 Å². The molecule has 2 heterocycles. The van der Waals surface area contributed by atoms with Crippen molar-refractivity contribution in [3.05, 3.63) is 29.8 Å². The van der Waals surface area contributed by atoms with Crippen LogP contribution in [0.5, 0.6) is 0 Å². The molecule has 2 aromatic rings. The second-order valence-electron chi connectivity index (χ2n) is 4.90. The van der Waals surface area contributed by atoms with Gasteiger partial charge in [-0.2, -0.15) is 0 Å². The van der Waals surface area contributed by atoms with Crippen LogP contribution in [0.4, 0.5) is 5.69 Å². The summed E-state index contributed by atoms with van der Waals surface area (Å²) in [6, 6.07) is 8.14. The highest BCUT2D eigenvalue weighted by atomic mass is 32.2. The highest BCUT2D eigenvalue weighted by molar-refractivity contribution is 8.03. The number of anilines is 1. The largest absolute Gasteiger partial charge is 0.311 e. The summed E-state index contributed by atoms with van der Waals surface area (Å²) in [5, 5.41) is 8.15. The molecule has 0 radical (unpaired) electrons. The minimum Gasteiger partial charge on any atom is -0.311 e. The third-order valence-corrected chi connectivity index (χ3v) is 6.54. The van der Waals surface area contributed by atoms with Crippen molar-refractivity contribution in [2.24, 2.45) is 0 Å². The predicted molar refractivity (Wildman–Crippen MR) is 94.1 cm³/mol. The van der Waals surface area contributed by atoms with Gasteiger partial charge in [-0.15, -0.1) is 10.2 Å². The molecule has 0 aliphatic carbocycles. The number of hydrogen-bond acceptors (Lipinski definition) is 6. The molecule has 22 heavy (non-hydrogen) atoms. The molecule has 0 spiro atoms. The molecule has 1 aliphatic rings. The van der Waals surface area contributed by atoms with Crippen LogP contribution in [0.15, 0.2) is 32.9 Å². The minimum atomic E-state index is -0.154. The van der Waals surface area contributed by atoms with E-state index in [9.17, 15) is 4.79 Å². The molecule has 1 atom stereocenters. The lowest BCUT2D eigenvalue weighted by Gasteiger charge is -2.20. The highest BCUT2D eigenvalue weighted by Crippen LogP contribution is 2.34. The summed E-state index contributed by atoms with van der Waals surface area (Å²) < 4.78 is 1.83. The Hall–Kier alpha value is -1.05. The Bertz CT molecular complexity index is 674. The maximum Gasteiger partial charge on any atom is 0.240 e. The molecule has 1 amide bonds. The number of hydrogen-bond donors (Lipinski definition) is 0. The number of rotatable bonds is 5. The zero-order valence-corrected chi connectivity index (χ0v) is 14.9. The Morgan fingerprint density at radius 3 is 2.95 bits per heavy atom. The van der Waals surface area contributed by atoms with Crippen LogP contribution in [0, 0.1) is 0 Å². The zero-order valence-electron chi connectivity index (χ0n) is 12.5. The van der Waals surface area contributed by atoms with E-state index in [1.165, 1.54) is 17.3 Å². The molecule has 116 valence electrons. The summed E-state index contributed by atoms with van der Waals surface area (Å²) in [4.78, 5) is 14.6. The van der Waals surface area contributed by atoms with Crippen molar-refractivity contribution in [2.75, 3.05) is 17.2 Å². The number of carbonyl (C=O) groups excluding carboxylic acids is 1. The van der Waals surface area contributed by atoms with Gasteiger partial charge < -0.3 is 4.90 Å². The summed E-state index contributed by atoms with van der Waals surface area (Å²) in [6.07, 6.45) is 0.940. The van der Waals surface area contributed by atoms with E-state index in [-0.39, 0.29) is 11.2 Å². The summed E-state index contributed by atoms with van der Waals surface area (Å²) in [7, 11) is 0. The molecular weight excluding hydrogens is 334 g/mol. The second-order valence-corrected chi connectivity index (χ2v) is 8.97. The number of carbonyl (C=O) groups is 1. The summed E-state index contributed by atoms with van der Waals surface area (Å²) in [6.45, 7) is 4.81. The van der Waals surface area contributed by atoms with E-state index < -0.39 is 0 Å². The molecule has 0 N–H and O–H groups in total. The molecule has 1 aromatic heterocycles. The van der Waals surface area contributed by atoms with Gasteiger partial charge in [-0.25, -0.2) is 0 Å². The van der Waals surface area contributed by atoms with E-state index in [4.69, 9.17) is 0 Å². The first-order valence-electron chi connectivity index (χ1n) is 7.21. The van der Waals surface area contributed by atoms with E-state index >= 15 is 0 Å². The normalized spacial score (nSPS) is 14.9. The van der Waals surface area contributed by atoms with Gasteiger partial charge in [0.2, 0.25) is 5.91 Å². The second kappa shape index (κ2) is 7.02. The number of amides is 1. The lowest BCUT2D eigenvalue weighted by molar-refractivity contribution is -0.117. The summed E-state index contributed by atoms with van der Waals surface area (Å²) in [5.74, 6) is 1.13. The molecular formula is C15H17N3OS3. The van der Waals surface area contributed by atoms with E-state index in [1.807, 2.05) is 30.0 Å². The fraction of sp³-hybridized carbons (Fsp3) is 0.400. The van der Waals surface area contributed by atoms with Crippen LogP contribution in [0.25, 0.3) is 0 Å². The van der Waals surface area contributed by atoms with Crippen LogP contribution in [-0.4, -0.2) is 33.7 Å². The van der Waals surface area contributed by atoms with Crippen LogP contribution in [0.1, 0.15) is 19.4 Å². The first-order chi connectivity index (χ1) is 10.7. The number of benzene rings is 1. The highest BCUT2D eigenvalue weighted by Gasteiger charge is 2.28. The Balaban J connectivity index is 1.67. The van der Waals surface area contributed by atoms with Crippen LogP contribution in [-0.2, 0) is 11.2 Å². The lowest BCUT2D eigenvalue weighted by atomic mass is 10.2. The van der Waals surface area contributed by atoms with Gasteiger partial charge in [0.05, 0.1) is 5.25 Å². The Kier molecular flexibility index (Phi) is 5.05. The topological polar surface area (TPSA) is 46.1 Å². The van der Waals surface area contributed by atoms with Gasteiger partial charge in [-0.3, -0.25) is 4.79 Å². The first kappa shape index (κ1) is 15.8. The molecule has 4 nitrogen and oxygen atoms in total. The number of aromatic nitrogens is 2. The van der Waals surface area contributed by atoms with Crippen LogP contribution in [0.2, 0.25) is 0 Å². The lowest BCUT2D eigenvalue weighted by Crippen LogP contribution is -2.35. The maximum atomic E-state index is 12.7. The Morgan fingerprint density at radius 2 is 2.14 bits per heavy atom. The monoisotopic (exact) mass is 351 g/mol. The molecule has 1 aromatic carbocycles. The van der Waals surface area contributed by atoms with E-state index in [0.717, 1.165) is 33.1 Å². The third kappa shape index (κ3) is 3.31. The van der Waals surface area contributed by atoms with Crippen LogP contribution in [0.3, 0.4) is 0 Å². The van der Waals surface area contributed by atoms with Gasteiger partial charge >= 0.3 is 0 Å². The number of fused-ring (bicyclic) bond motifs is 1. The van der Waals surface area contributed by atoms with Crippen molar-refractivity contribution in [3.63, 3.8) is 0 Å². The van der Waals surface area contributed by atoms with Gasteiger partial charge in [-0.1, -0.05) is 60.0 Å². The number of nitrogens with zero attached hydrogens (tertiary/aromatic N) is 3. The molecule has 0 saturated heterocycles. The fourth-order valence-corrected chi connectivity index (χ4v) is 5.54. The first-order valence-corrected chi connectivity index (χ1v) is 9.89. The molecule has 0 bridgehead atoms. The Morgan fingerprint density at radius 1 is 1.36 bits per heavy atom.